The second-order valence-electron chi connectivity index (χ2n) is 5.37. The van der Waals surface area contributed by atoms with E-state index in [0.717, 1.165) is 12.5 Å². The minimum atomic E-state index is -4.48. The molecule has 2 amide bonds. The zero-order valence-electron chi connectivity index (χ0n) is 12.8. The van der Waals surface area contributed by atoms with Crippen LogP contribution >= 0.6 is 11.6 Å². The highest BCUT2D eigenvalue weighted by Gasteiger charge is 2.34. The van der Waals surface area contributed by atoms with E-state index < -0.39 is 11.7 Å². The van der Waals surface area contributed by atoms with Gasteiger partial charge in [0.2, 0.25) is 0 Å². The number of benzene rings is 1. The van der Waals surface area contributed by atoms with Crippen LogP contribution in [0.3, 0.4) is 0 Å². The van der Waals surface area contributed by atoms with Gasteiger partial charge in [-0.05, 0) is 24.6 Å². The van der Waals surface area contributed by atoms with Gasteiger partial charge in [0.1, 0.15) is 0 Å². The first-order valence-electron chi connectivity index (χ1n) is 7.47. The van der Waals surface area contributed by atoms with Crippen molar-refractivity contribution in [2.24, 2.45) is 0 Å². The molecule has 4 nitrogen and oxygen atoms in total. The van der Waals surface area contributed by atoms with Crippen molar-refractivity contribution in [3.63, 3.8) is 0 Å². The number of urea groups is 1. The van der Waals surface area contributed by atoms with Crippen molar-refractivity contribution >= 4 is 23.3 Å². The van der Waals surface area contributed by atoms with E-state index in [1.807, 2.05) is 11.8 Å². The van der Waals surface area contributed by atoms with Gasteiger partial charge in [-0.3, -0.25) is 0 Å². The standard InChI is InChI=1S/C15H19ClF3N3O/c1-2-5-20-14(23)22-8-6-21(7-9-22)11-3-4-13(16)12(10-11)15(17,18)19/h3-4,10H,2,5-9H2,1H3,(H,20,23). The van der Waals surface area contributed by atoms with Crippen molar-refractivity contribution < 1.29 is 18.0 Å². The fourth-order valence-electron chi connectivity index (χ4n) is 2.44. The summed E-state index contributed by atoms with van der Waals surface area (Å²) in [6, 6.07) is 3.78. The van der Waals surface area contributed by atoms with Crippen LogP contribution in [-0.2, 0) is 6.18 Å². The predicted molar refractivity (Wildman–Crippen MR) is 83.9 cm³/mol. The van der Waals surface area contributed by atoms with Crippen molar-refractivity contribution in [2.45, 2.75) is 19.5 Å². The molecule has 0 aliphatic carbocycles. The molecule has 0 spiro atoms. The van der Waals surface area contributed by atoms with Crippen molar-refractivity contribution in [3.05, 3.63) is 28.8 Å². The second kappa shape index (κ2) is 7.29. The van der Waals surface area contributed by atoms with Crippen molar-refractivity contribution in [2.75, 3.05) is 37.6 Å². The van der Waals surface area contributed by atoms with Crippen LogP contribution < -0.4 is 10.2 Å². The van der Waals surface area contributed by atoms with Gasteiger partial charge in [0.15, 0.2) is 0 Å². The number of rotatable bonds is 3. The molecule has 2 rings (SSSR count). The molecule has 1 saturated heterocycles. The van der Waals surface area contributed by atoms with Gasteiger partial charge in [0, 0.05) is 38.4 Å². The monoisotopic (exact) mass is 349 g/mol. The number of halogens is 4. The van der Waals surface area contributed by atoms with Crippen molar-refractivity contribution in [3.8, 4) is 0 Å². The second-order valence-corrected chi connectivity index (χ2v) is 5.78. The normalized spacial score (nSPS) is 15.7. The third-order valence-corrected chi connectivity index (χ3v) is 4.04. The van der Waals surface area contributed by atoms with E-state index in [1.165, 1.54) is 6.07 Å². The number of nitrogens with zero attached hydrogens (tertiary/aromatic N) is 2. The zero-order valence-corrected chi connectivity index (χ0v) is 13.5. The van der Waals surface area contributed by atoms with Gasteiger partial charge in [0.05, 0.1) is 10.6 Å². The first kappa shape index (κ1) is 17.7. The van der Waals surface area contributed by atoms with Crippen LogP contribution in [-0.4, -0.2) is 43.7 Å². The van der Waals surface area contributed by atoms with Gasteiger partial charge in [0.25, 0.3) is 0 Å². The summed E-state index contributed by atoms with van der Waals surface area (Å²) in [7, 11) is 0. The van der Waals surface area contributed by atoms with E-state index in [0.29, 0.717) is 38.4 Å². The molecular weight excluding hydrogens is 331 g/mol. The highest BCUT2D eigenvalue weighted by Crippen LogP contribution is 2.37. The van der Waals surface area contributed by atoms with Crippen LogP contribution in [0.15, 0.2) is 18.2 Å². The van der Waals surface area contributed by atoms with Crippen molar-refractivity contribution in [1.29, 1.82) is 0 Å². The van der Waals surface area contributed by atoms with Crippen molar-refractivity contribution in [1.82, 2.24) is 10.2 Å². The number of anilines is 1. The summed E-state index contributed by atoms with van der Waals surface area (Å²) in [4.78, 5) is 15.4. The molecule has 1 N–H and O–H groups in total. The molecule has 23 heavy (non-hydrogen) atoms. The number of hydrogen-bond acceptors (Lipinski definition) is 2. The number of amides is 2. The summed E-state index contributed by atoms with van der Waals surface area (Å²) in [5.74, 6) is 0. The number of carbonyl (C=O) groups excluding carboxylic acids is 1. The molecule has 128 valence electrons. The maximum absolute atomic E-state index is 12.9. The summed E-state index contributed by atoms with van der Waals surface area (Å²) in [5.41, 5.74) is -0.366. The lowest BCUT2D eigenvalue weighted by molar-refractivity contribution is -0.137. The topological polar surface area (TPSA) is 35.6 Å². The third-order valence-electron chi connectivity index (χ3n) is 3.71. The molecule has 0 aromatic heterocycles. The van der Waals surface area contributed by atoms with Gasteiger partial charge in [-0.2, -0.15) is 13.2 Å². The number of alkyl halides is 3. The lowest BCUT2D eigenvalue weighted by Gasteiger charge is -2.36. The minimum Gasteiger partial charge on any atom is -0.368 e. The Morgan fingerprint density at radius 1 is 1.26 bits per heavy atom. The summed E-state index contributed by atoms with van der Waals surface area (Å²) in [6.07, 6.45) is -3.62. The molecular formula is C15H19ClF3N3O. The Morgan fingerprint density at radius 2 is 1.91 bits per heavy atom. The highest BCUT2D eigenvalue weighted by molar-refractivity contribution is 6.31. The molecule has 1 aliphatic rings. The molecule has 1 heterocycles. The lowest BCUT2D eigenvalue weighted by atomic mass is 10.1. The van der Waals surface area contributed by atoms with E-state index in [1.54, 1.807) is 11.0 Å². The van der Waals surface area contributed by atoms with Crippen LogP contribution in [0.25, 0.3) is 0 Å². The molecule has 8 heteroatoms. The van der Waals surface area contributed by atoms with E-state index in [-0.39, 0.29) is 11.1 Å². The fourth-order valence-corrected chi connectivity index (χ4v) is 2.66. The molecule has 1 aliphatic heterocycles. The number of piperazine rings is 1. The lowest BCUT2D eigenvalue weighted by Crippen LogP contribution is -2.52. The Bertz CT molecular complexity index is 557. The van der Waals surface area contributed by atoms with E-state index >= 15 is 0 Å². The Morgan fingerprint density at radius 3 is 2.48 bits per heavy atom. The number of hydrogen-bond donors (Lipinski definition) is 1. The molecule has 0 bridgehead atoms. The average Bonchev–Trinajstić information content (AvgIpc) is 2.52. The summed E-state index contributed by atoms with van der Waals surface area (Å²) in [5, 5.41) is 2.49. The van der Waals surface area contributed by atoms with Crippen LogP contribution in [0.2, 0.25) is 5.02 Å². The largest absolute Gasteiger partial charge is 0.417 e. The SMILES string of the molecule is CCCNC(=O)N1CCN(c2ccc(Cl)c(C(F)(F)F)c2)CC1. The molecule has 0 saturated carbocycles. The van der Waals surface area contributed by atoms with Crippen LogP contribution in [0.4, 0.5) is 23.7 Å². The van der Waals surface area contributed by atoms with E-state index in [2.05, 4.69) is 5.32 Å². The van der Waals surface area contributed by atoms with Gasteiger partial charge < -0.3 is 15.1 Å². The highest BCUT2D eigenvalue weighted by atomic mass is 35.5. The first-order chi connectivity index (χ1) is 10.8. The number of nitrogens with one attached hydrogen (secondary N) is 1. The van der Waals surface area contributed by atoms with Gasteiger partial charge in [-0.25, -0.2) is 4.79 Å². The Hall–Kier alpha value is -1.63. The molecule has 0 atom stereocenters. The maximum Gasteiger partial charge on any atom is 0.417 e. The molecule has 0 unspecified atom stereocenters. The fraction of sp³-hybridized carbons (Fsp3) is 0.533. The maximum atomic E-state index is 12.9. The van der Waals surface area contributed by atoms with Crippen LogP contribution in [0.1, 0.15) is 18.9 Å². The van der Waals surface area contributed by atoms with Crippen LogP contribution in [0.5, 0.6) is 0 Å². The number of carbonyl (C=O) groups is 1. The van der Waals surface area contributed by atoms with Gasteiger partial charge >= 0.3 is 12.2 Å². The average molecular weight is 350 g/mol. The molecule has 1 fully saturated rings. The quantitative estimate of drug-likeness (QED) is 0.905. The third kappa shape index (κ3) is 4.43. The predicted octanol–water partition coefficient (Wildman–Crippen LogP) is 3.60. The van der Waals surface area contributed by atoms with E-state index in [9.17, 15) is 18.0 Å². The Labute approximate surface area is 138 Å². The minimum absolute atomic E-state index is 0.126. The summed E-state index contributed by atoms with van der Waals surface area (Å²) >= 11 is 5.63. The van der Waals surface area contributed by atoms with E-state index in [4.69, 9.17) is 11.6 Å². The zero-order chi connectivity index (χ0) is 17.0. The van der Waals surface area contributed by atoms with Crippen LogP contribution in [0, 0.1) is 0 Å². The smallest absolute Gasteiger partial charge is 0.368 e. The van der Waals surface area contributed by atoms with Gasteiger partial charge in [-0.15, -0.1) is 0 Å². The summed E-state index contributed by atoms with van der Waals surface area (Å²) in [6.45, 7) is 4.50. The molecule has 1 aromatic rings. The molecule has 1 aromatic carbocycles. The first-order valence-corrected chi connectivity index (χ1v) is 7.85. The summed E-state index contributed by atoms with van der Waals surface area (Å²) < 4.78 is 38.8. The molecule has 0 radical (unpaired) electrons. The van der Waals surface area contributed by atoms with Gasteiger partial charge in [-0.1, -0.05) is 18.5 Å². The Kier molecular flexibility index (Phi) is 5.62. The Balaban J connectivity index is 2.02.